The Labute approximate surface area is 99.9 Å². The van der Waals surface area contributed by atoms with Gasteiger partial charge in [0, 0.05) is 0 Å². The highest BCUT2D eigenvalue weighted by molar-refractivity contribution is 5.92. The summed E-state index contributed by atoms with van der Waals surface area (Å²) in [6.45, 7) is 1.52. The summed E-state index contributed by atoms with van der Waals surface area (Å²) < 4.78 is 36.1. The number of alkyl halides is 3. The quantitative estimate of drug-likeness (QED) is 0.785. The Morgan fingerprint density at radius 3 is 2.28 bits per heavy atom. The van der Waals surface area contributed by atoms with Crippen LogP contribution in [0.15, 0.2) is 24.3 Å². The molecule has 0 unspecified atom stereocenters. The summed E-state index contributed by atoms with van der Waals surface area (Å²) in [4.78, 5) is 25.6. The Morgan fingerprint density at radius 1 is 1.28 bits per heavy atom. The third kappa shape index (κ3) is 3.12. The van der Waals surface area contributed by atoms with E-state index in [-0.39, 0.29) is 10.8 Å². The number of hydrogen-bond donors (Lipinski definition) is 1. The number of rotatable bonds is 1. The predicted octanol–water partition coefficient (Wildman–Crippen LogP) is 1.90. The Bertz CT molecular complexity index is 474. The molecule has 1 aromatic rings. The topological polar surface area (TPSA) is 72.6 Å². The highest BCUT2D eigenvalue weighted by Crippen LogP contribution is 2.23. The van der Waals surface area contributed by atoms with Crippen LogP contribution in [0.2, 0.25) is 0 Å². The van der Waals surface area contributed by atoms with Gasteiger partial charge in [-0.15, -0.1) is 5.06 Å². The maximum atomic E-state index is 12.0. The fourth-order valence-corrected chi connectivity index (χ4v) is 1.14. The minimum absolute atomic E-state index is 0.0393. The number of urea groups is 1. The fraction of sp³-hybridized carbons (Fsp3) is 0.200. The number of primary amides is 1. The number of nitrogens with zero attached hydrogens (tertiary/aromatic N) is 1. The maximum Gasteiger partial charge on any atom is 0.493 e. The third-order valence-electron chi connectivity index (χ3n) is 1.94. The molecule has 0 spiro atoms. The van der Waals surface area contributed by atoms with Crippen molar-refractivity contribution in [2.75, 3.05) is 5.06 Å². The van der Waals surface area contributed by atoms with E-state index < -0.39 is 18.2 Å². The molecule has 18 heavy (non-hydrogen) atoms. The molecular formula is C10H9F3N2O3. The summed E-state index contributed by atoms with van der Waals surface area (Å²) in [6.07, 6.45) is -5.21. The molecule has 1 rings (SSSR count). The first-order valence-corrected chi connectivity index (χ1v) is 4.68. The second kappa shape index (κ2) is 4.94. The van der Waals surface area contributed by atoms with Gasteiger partial charge in [0.1, 0.15) is 0 Å². The third-order valence-corrected chi connectivity index (χ3v) is 1.94. The van der Waals surface area contributed by atoms with E-state index in [0.717, 1.165) is 0 Å². The monoisotopic (exact) mass is 262 g/mol. The lowest BCUT2D eigenvalue weighted by atomic mass is 10.2. The van der Waals surface area contributed by atoms with E-state index in [1.807, 2.05) is 0 Å². The number of carbonyl (C=O) groups excluding carboxylic acids is 2. The van der Waals surface area contributed by atoms with Gasteiger partial charge in [-0.2, -0.15) is 13.2 Å². The van der Waals surface area contributed by atoms with E-state index in [1.165, 1.54) is 25.1 Å². The molecule has 0 aliphatic rings. The van der Waals surface area contributed by atoms with Crippen molar-refractivity contribution in [1.29, 1.82) is 0 Å². The Morgan fingerprint density at radius 2 is 1.83 bits per heavy atom. The largest absolute Gasteiger partial charge is 0.493 e. The predicted molar refractivity (Wildman–Crippen MR) is 55.4 cm³/mol. The smallest absolute Gasteiger partial charge is 0.349 e. The van der Waals surface area contributed by atoms with Crippen LogP contribution in [-0.2, 0) is 9.63 Å². The number of hydrogen-bond acceptors (Lipinski definition) is 3. The van der Waals surface area contributed by atoms with E-state index in [2.05, 4.69) is 4.84 Å². The van der Waals surface area contributed by atoms with Crippen LogP contribution in [-0.4, -0.2) is 18.2 Å². The van der Waals surface area contributed by atoms with Crippen molar-refractivity contribution >= 4 is 17.7 Å². The van der Waals surface area contributed by atoms with Gasteiger partial charge >= 0.3 is 18.2 Å². The van der Waals surface area contributed by atoms with Gasteiger partial charge in [-0.25, -0.2) is 9.59 Å². The van der Waals surface area contributed by atoms with E-state index in [4.69, 9.17) is 5.73 Å². The number of benzene rings is 1. The van der Waals surface area contributed by atoms with Gasteiger partial charge in [0.15, 0.2) is 0 Å². The van der Waals surface area contributed by atoms with Gasteiger partial charge in [0.05, 0.1) is 5.69 Å². The summed E-state index contributed by atoms with van der Waals surface area (Å²) in [6, 6.07) is 4.54. The summed E-state index contributed by atoms with van der Waals surface area (Å²) in [7, 11) is 0. The van der Waals surface area contributed by atoms with E-state index in [9.17, 15) is 22.8 Å². The zero-order valence-electron chi connectivity index (χ0n) is 9.19. The van der Waals surface area contributed by atoms with Gasteiger partial charge in [-0.1, -0.05) is 18.2 Å². The molecule has 0 saturated carbocycles. The zero-order chi connectivity index (χ0) is 13.9. The van der Waals surface area contributed by atoms with Crippen LogP contribution in [0.4, 0.5) is 23.7 Å². The average molecular weight is 262 g/mol. The summed E-state index contributed by atoms with van der Waals surface area (Å²) in [5.74, 6) is -2.52. The zero-order valence-corrected chi connectivity index (χ0v) is 9.19. The number of anilines is 1. The molecule has 0 heterocycles. The van der Waals surface area contributed by atoms with Gasteiger partial charge < -0.3 is 10.6 Å². The SMILES string of the molecule is Cc1ccccc1N(OC(=O)C(F)(F)F)C(N)=O. The normalized spacial score (nSPS) is 10.9. The Balaban J connectivity index is 3.03. The molecule has 0 atom stereocenters. The Hall–Kier alpha value is -2.25. The van der Waals surface area contributed by atoms with Crippen molar-refractivity contribution in [2.24, 2.45) is 5.73 Å². The number of carbonyl (C=O) groups is 2. The van der Waals surface area contributed by atoms with Crippen LogP contribution >= 0.6 is 0 Å². The molecule has 98 valence electrons. The lowest BCUT2D eigenvalue weighted by Gasteiger charge is -2.20. The summed E-state index contributed by atoms with van der Waals surface area (Å²) >= 11 is 0. The highest BCUT2D eigenvalue weighted by atomic mass is 19.4. The lowest BCUT2D eigenvalue weighted by Crippen LogP contribution is -2.41. The first kappa shape index (κ1) is 13.8. The van der Waals surface area contributed by atoms with Crippen LogP contribution < -0.4 is 10.8 Å². The number of amides is 2. The average Bonchev–Trinajstić information content (AvgIpc) is 2.25. The van der Waals surface area contributed by atoms with Crippen molar-refractivity contribution in [1.82, 2.24) is 0 Å². The molecule has 2 amide bonds. The van der Waals surface area contributed by atoms with Gasteiger partial charge in [-0.05, 0) is 18.6 Å². The first-order chi connectivity index (χ1) is 8.23. The molecule has 0 aliphatic carbocycles. The molecular weight excluding hydrogens is 253 g/mol. The van der Waals surface area contributed by atoms with Gasteiger partial charge in [-0.3, -0.25) is 0 Å². The molecule has 1 aromatic carbocycles. The number of hydroxylamine groups is 1. The minimum atomic E-state index is -5.21. The van der Waals surface area contributed by atoms with Gasteiger partial charge in [0.2, 0.25) is 0 Å². The number of halogens is 3. The first-order valence-electron chi connectivity index (χ1n) is 4.68. The van der Waals surface area contributed by atoms with Crippen LogP contribution in [0.25, 0.3) is 0 Å². The van der Waals surface area contributed by atoms with Crippen molar-refractivity contribution in [2.45, 2.75) is 13.1 Å². The summed E-state index contributed by atoms with van der Waals surface area (Å²) in [5, 5.41) is 0.102. The standard InChI is InChI=1S/C10H9F3N2O3/c1-6-4-2-3-5-7(6)15(9(14)17)18-8(16)10(11,12)13/h2-5H,1H3,(H2,14,17). The van der Waals surface area contributed by atoms with Gasteiger partial charge in [0.25, 0.3) is 0 Å². The number of nitrogens with two attached hydrogens (primary N) is 1. The van der Waals surface area contributed by atoms with Crippen molar-refractivity contribution in [3.63, 3.8) is 0 Å². The number of aryl methyl sites for hydroxylation is 1. The molecule has 0 fully saturated rings. The second-order valence-corrected chi connectivity index (χ2v) is 3.30. The lowest BCUT2D eigenvalue weighted by molar-refractivity contribution is -0.199. The molecule has 0 radical (unpaired) electrons. The molecule has 8 heteroatoms. The number of para-hydroxylation sites is 1. The van der Waals surface area contributed by atoms with Crippen LogP contribution in [0.1, 0.15) is 5.56 Å². The second-order valence-electron chi connectivity index (χ2n) is 3.30. The molecule has 5 nitrogen and oxygen atoms in total. The molecule has 0 saturated heterocycles. The molecule has 0 aromatic heterocycles. The van der Waals surface area contributed by atoms with Crippen molar-refractivity contribution in [3.8, 4) is 0 Å². The van der Waals surface area contributed by atoms with E-state index in [0.29, 0.717) is 5.56 Å². The molecule has 0 aliphatic heterocycles. The van der Waals surface area contributed by atoms with Crippen molar-refractivity contribution < 1.29 is 27.6 Å². The fourth-order valence-electron chi connectivity index (χ4n) is 1.14. The van der Waals surface area contributed by atoms with E-state index >= 15 is 0 Å². The van der Waals surface area contributed by atoms with Crippen molar-refractivity contribution in [3.05, 3.63) is 29.8 Å². The molecule has 2 N–H and O–H groups in total. The maximum absolute atomic E-state index is 12.0. The highest BCUT2D eigenvalue weighted by Gasteiger charge is 2.43. The summed E-state index contributed by atoms with van der Waals surface area (Å²) in [5.41, 5.74) is 5.25. The Kier molecular flexibility index (Phi) is 3.79. The van der Waals surface area contributed by atoms with Crippen LogP contribution in [0.3, 0.4) is 0 Å². The molecule has 0 bridgehead atoms. The van der Waals surface area contributed by atoms with E-state index in [1.54, 1.807) is 6.07 Å². The minimum Gasteiger partial charge on any atom is -0.349 e. The van der Waals surface area contributed by atoms with Crippen LogP contribution in [0.5, 0.6) is 0 Å². The van der Waals surface area contributed by atoms with Crippen LogP contribution in [0, 0.1) is 6.92 Å².